The average molecular weight is 522 g/mol. The first kappa shape index (κ1) is 25.6. The molecule has 12 heteroatoms. The predicted octanol–water partition coefficient (Wildman–Crippen LogP) is 2.17. The molecule has 0 atom stereocenters. The topological polar surface area (TPSA) is 152 Å². The van der Waals surface area contributed by atoms with Crippen LogP contribution in [0, 0.1) is 0 Å². The van der Waals surface area contributed by atoms with Crippen molar-refractivity contribution in [2.75, 3.05) is 17.6 Å². The Bertz CT molecular complexity index is 1350. The summed E-state index contributed by atoms with van der Waals surface area (Å²) in [6, 6.07) is 15.5. The van der Waals surface area contributed by atoms with Gasteiger partial charge in [0.25, 0.3) is 5.91 Å². The third-order valence-corrected chi connectivity index (χ3v) is 8.91. The van der Waals surface area contributed by atoms with Crippen LogP contribution in [0.1, 0.15) is 22.3 Å². The number of hydrogen-bond acceptors (Lipinski definition) is 7. The first-order chi connectivity index (χ1) is 16.0. The fourth-order valence-electron chi connectivity index (χ4n) is 2.96. The minimum atomic E-state index is -3.74. The number of carbonyl (C=O) groups is 2. The Morgan fingerprint density at radius 1 is 0.912 bits per heavy atom. The van der Waals surface area contributed by atoms with Crippen molar-refractivity contribution in [2.24, 2.45) is 5.14 Å². The second kappa shape index (κ2) is 10.9. The van der Waals surface area contributed by atoms with Crippen LogP contribution in [0.2, 0.25) is 0 Å². The molecule has 2 aromatic carbocycles. The van der Waals surface area contributed by atoms with Crippen molar-refractivity contribution < 1.29 is 26.4 Å². The summed E-state index contributed by atoms with van der Waals surface area (Å²) in [6.45, 7) is 0.338. The zero-order valence-electron chi connectivity index (χ0n) is 17.9. The molecule has 0 unspecified atom stereocenters. The molecule has 3 rings (SSSR count). The van der Waals surface area contributed by atoms with Crippen LogP contribution >= 0.6 is 11.3 Å². The number of amides is 2. The molecule has 180 valence electrons. The Labute approximate surface area is 202 Å². The molecule has 1 aromatic heterocycles. The molecular weight excluding hydrogens is 498 g/mol. The van der Waals surface area contributed by atoms with E-state index in [1.54, 1.807) is 47.8 Å². The summed E-state index contributed by atoms with van der Waals surface area (Å²) in [5.41, 5.74) is 1.68. The van der Waals surface area contributed by atoms with Gasteiger partial charge < -0.3 is 10.6 Å². The minimum absolute atomic E-state index is 0.0246. The van der Waals surface area contributed by atoms with Crippen molar-refractivity contribution in [1.29, 1.82) is 0 Å². The van der Waals surface area contributed by atoms with E-state index in [1.807, 2.05) is 0 Å². The van der Waals surface area contributed by atoms with Crippen molar-refractivity contribution >= 4 is 48.7 Å². The molecule has 0 aliphatic carbocycles. The van der Waals surface area contributed by atoms with Crippen LogP contribution in [0.4, 0.5) is 5.69 Å². The number of benzene rings is 2. The van der Waals surface area contributed by atoms with E-state index >= 15 is 0 Å². The van der Waals surface area contributed by atoms with Crippen molar-refractivity contribution in [1.82, 2.24) is 5.32 Å². The van der Waals surface area contributed by atoms with Gasteiger partial charge in [-0.3, -0.25) is 9.59 Å². The summed E-state index contributed by atoms with van der Waals surface area (Å²) in [6.07, 6.45) is 0.319. The number of carbonyl (C=O) groups excluding carboxylic acids is 2. The highest BCUT2D eigenvalue weighted by Crippen LogP contribution is 2.18. The highest BCUT2D eigenvalue weighted by Gasteiger charge is 2.17. The van der Waals surface area contributed by atoms with E-state index in [0.717, 1.165) is 16.9 Å². The number of hydrogen-bond donors (Lipinski definition) is 3. The first-order valence-electron chi connectivity index (χ1n) is 10.1. The molecule has 0 aliphatic heterocycles. The highest BCUT2D eigenvalue weighted by atomic mass is 32.2. The quantitative estimate of drug-likeness (QED) is 0.372. The lowest BCUT2D eigenvalue weighted by atomic mass is 10.1. The fourth-order valence-corrected chi connectivity index (χ4v) is 5.87. The molecule has 1 heterocycles. The van der Waals surface area contributed by atoms with Crippen LogP contribution in [-0.4, -0.2) is 40.9 Å². The second-order valence-electron chi connectivity index (χ2n) is 7.32. The number of sulfone groups is 1. The SMILES string of the molecule is NS(=O)(=O)c1ccc(CCNC(=O)c2ccc(NC(=O)CCS(=O)(=O)c3cccs3)cc2)cc1. The largest absolute Gasteiger partial charge is 0.352 e. The maximum atomic E-state index is 12.3. The van der Waals surface area contributed by atoms with Gasteiger partial charge in [0.1, 0.15) is 4.21 Å². The van der Waals surface area contributed by atoms with Gasteiger partial charge in [-0.15, -0.1) is 11.3 Å². The average Bonchev–Trinajstić information content (AvgIpc) is 3.34. The monoisotopic (exact) mass is 521 g/mol. The highest BCUT2D eigenvalue weighted by molar-refractivity contribution is 7.93. The molecule has 0 saturated heterocycles. The Morgan fingerprint density at radius 2 is 1.59 bits per heavy atom. The summed E-state index contributed by atoms with van der Waals surface area (Å²) < 4.78 is 47.1. The summed E-state index contributed by atoms with van der Waals surface area (Å²) in [5, 5.41) is 12.1. The smallest absolute Gasteiger partial charge is 0.251 e. The Balaban J connectivity index is 1.45. The molecule has 0 aliphatic rings. The van der Waals surface area contributed by atoms with Gasteiger partial charge in [-0.1, -0.05) is 18.2 Å². The second-order valence-corrected chi connectivity index (χ2v) is 12.2. The fraction of sp³-hybridized carbons (Fsp3) is 0.182. The number of nitrogens with two attached hydrogens (primary N) is 1. The molecule has 0 fully saturated rings. The zero-order chi connectivity index (χ0) is 24.8. The third-order valence-electron chi connectivity index (χ3n) is 4.78. The van der Waals surface area contributed by atoms with Gasteiger partial charge in [-0.2, -0.15) is 0 Å². The minimum Gasteiger partial charge on any atom is -0.352 e. The summed E-state index contributed by atoms with van der Waals surface area (Å²) in [5.74, 6) is -1.03. The van der Waals surface area contributed by atoms with Gasteiger partial charge in [0, 0.05) is 24.2 Å². The summed E-state index contributed by atoms with van der Waals surface area (Å²) in [7, 11) is -7.23. The number of nitrogens with one attached hydrogen (secondary N) is 2. The lowest BCUT2D eigenvalue weighted by molar-refractivity contribution is -0.115. The number of rotatable bonds is 10. The maximum Gasteiger partial charge on any atom is 0.251 e. The van der Waals surface area contributed by atoms with Crippen molar-refractivity contribution in [3.8, 4) is 0 Å². The van der Waals surface area contributed by atoms with Gasteiger partial charge in [-0.05, 0) is 59.8 Å². The van der Waals surface area contributed by atoms with E-state index < -0.39 is 25.8 Å². The summed E-state index contributed by atoms with van der Waals surface area (Å²) in [4.78, 5) is 24.5. The number of anilines is 1. The molecule has 3 aromatic rings. The van der Waals surface area contributed by atoms with Gasteiger partial charge in [0.15, 0.2) is 9.84 Å². The lowest BCUT2D eigenvalue weighted by Gasteiger charge is -2.08. The van der Waals surface area contributed by atoms with E-state index in [4.69, 9.17) is 5.14 Å². The zero-order valence-corrected chi connectivity index (χ0v) is 20.4. The number of thiophene rings is 1. The van der Waals surface area contributed by atoms with Crippen LogP contribution in [0.5, 0.6) is 0 Å². The third kappa shape index (κ3) is 7.22. The Hall–Kier alpha value is -3.06. The van der Waals surface area contributed by atoms with E-state index in [-0.39, 0.29) is 27.2 Å². The van der Waals surface area contributed by atoms with E-state index in [2.05, 4.69) is 10.6 Å². The van der Waals surface area contributed by atoms with Crippen LogP contribution in [0.3, 0.4) is 0 Å². The number of sulfonamides is 1. The van der Waals surface area contributed by atoms with Crippen LogP contribution in [0.15, 0.2) is 75.1 Å². The van der Waals surface area contributed by atoms with Gasteiger partial charge >= 0.3 is 0 Å². The molecule has 0 saturated carbocycles. The van der Waals surface area contributed by atoms with Crippen LogP contribution < -0.4 is 15.8 Å². The van der Waals surface area contributed by atoms with E-state index in [0.29, 0.717) is 24.2 Å². The standard InChI is InChI=1S/C22H23N3O6S3/c23-34(30,31)19-9-3-16(4-10-19)11-13-24-22(27)17-5-7-18(8-6-17)25-20(26)12-15-33(28,29)21-2-1-14-32-21/h1-10,14H,11-13,15H2,(H,24,27)(H,25,26)(H2,23,30,31). The molecule has 0 bridgehead atoms. The van der Waals surface area contributed by atoms with Crippen molar-refractivity contribution in [2.45, 2.75) is 21.9 Å². The van der Waals surface area contributed by atoms with Crippen molar-refractivity contribution in [3.63, 3.8) is 0 Å². The molecule has 0 spiro atoms. The normalized spacial score (nSPS) is 11.7. The molecule has 2 amide bonds. The molecule has 0 radical (unpaired) electrons. The van der Waals surface area contributed by atoms with Crippen LogP contribution in [0.25, 0.3) is 0 Å². The van der Waals surface area contributed by atoms with Crippen LogP contribution in [-0.2, 0) is 31.1 Å². The van der Waals surface area contributed by atoms with E-state index in [9.17, 15) is 26.4 Å². The lowest BCUT2D eigenvalue weighted by Crippen LogP contribution is -2.25. The predicted molar refractivity (Wildman–Crippen MR) is 130 cm³/mol. The molecule has 9 nitrogen and oxygen atoms in total. The van der Waals surface area contributed by atoms with Gasteiger partial charge in [-0.25, -0.2) is 22.0 Å². The van der Waals surface area contributed by atoms with E-state index in [1.165, 1.54) is 18.2 Å². The van der Waals surface area contributed by atoms with Gasteiger partial charge in [0.2, 0.25) is 15.9 Å². The maximum absolute atomic E-state index is 12.3. The molecule has 34 heavy (non-hydrogen) atoms. The number of primary sulfonamides is 1. The summed E-state index contributed by atoms with van der Waals surface area (Å²) >= 11 is 1.11. The van der Waals surface area contributed by atoms with Gasteiger partial charge in [0.05, 0.1) is 10.6 Å². The Kier molecular flexibility index (Phi) is 8.20. The molecular formula is C22H23N3O6S3. The first-order valence-corrected chi connectivity index (χ1v) is 14.2. The van der Waals surface area contributed by atoms with Crippen molar-refractivity contribution in [3.05, 3.63) is 77.2 Å². The molecule has 4 N–H and O–H groups in total. The Morgan fingerprint density at radius 3 is 2.18 bits per heavy atom.